The highest BCUT2D eigenvalue weighted by molar-refractivity contribution is 7.11. The number of hydrogen-bond acceptors (Lipinski definition) is 5. The van der Waals surface area contributed by atoms with Gasteiger partial charge >= 0.3 is 0 Å². The van der Waals surface area contributed by atoms with Crippen LogP contribution in [-0.2, 0) is 11.8 Å². The van der Waals surface area contributed by atoms with Crippen molar-refractivity contribution < 1.29 is 15.3 Å². The fourth-order valence-electron chi connectivity index (χ4n) is 7.68. The molecule has 0 aromatic carbocycles. The number of allylic oxidation sites excluding steroid dienone is 4. The van der Waals surface area contributed by atoms with Gasteiger partial charge in [0.1, 0.15) is 5.01 Å². The van der Waals surface area contributed by atoms with E-state index in [1.807, 2.05) is 6.20 Å². The van der Waals surface area contributed by atoms with Gasteiger partial charge in [0.2, 0.25) is 0 Å². The third kappa shape index (κ3) is 5.09. The Hall–Kier alpha value is -1.53. The van der Waals surface area contributed by atoms with E-state index in [1.165, 1.54) is 36.1 Å². The predicted octanol–water partition coefficient (Wildman–Crippen LogP) is 6.43. The van der Waals surface area contributed by atoms with Gasteiger partial charge in [0.25, 0.3) is 0 Å². The fourth-order valence-corrected chi connectivity index (χ4v) is 8.81. The summed E-state index contributed by atoms with van der Waals surface area (Å²) in [5, 5.41) is 32.6. The smallest absolute Gasteiger partial charge is 0.102 e. The minimum atomic E-state index is -0.636. The number of aliphatic hydroxyl groups excluding tert-OH is 3. The standard InChI is InChI=1S/C32H45NO3S/c1-5-25-19-33-30(37-25)32(15-16-32)29(36)13-8-20(2)26-11-12-27-22(7-6-14-31(26,27)4)9-10-23-17-24(34)18-28(35)21(23)3/h8-10,13,19-20,24,26-29,34-36H,3,5-7,11-12,14-18H2,1-2,4H3/b13-8+,22-9+,23-10-/t20-,24+,26+,27-,28-,29-,31+/m0/s1. The van der Waals surface area contributed by atoms with Crippen molar-refractivity contribution in [3.05, 3.63) is 63.7 Å². The van der Waals surface area contributed by atoms with Crippen molar-refractivity contribution in [2.45, 2.75) is 109 Å². The SMILES string of the molecule is C=C1/C(=C\C=C2/CCC[C@]3(C)[C@@H]([C@@H](C)/C=C/[C@H](O)C4(c5ncc(CC)s5)CC4)CC[C@@H]23)C[C@@H](O)C[C@@H]1O. The molecule has 0 radical (unpaired) electrons. The molecule has 0 aliphatic heterocycles. The molecule has 1 aromatic heterocycles. The topological polar surface area (TPSA) is 73.6 Å². The molecule has 37 heavy (non-hydrogen) atoms. The van der Waals surface area contributed by atoms with E-state index in [1.54, 1.807) is 11.3 Å². The molecule has 0 bridgehead atoms. The normalized spacial score (nSPS) is 37.3. The van der Waals surface area contributed by atoms with Crippen LogP contribution in [0, 0.1) is 23.2 Å². The first-order valence-corrected chi connectivity index (χ1v) is 15.3. The highest BCUT2D eigenvalue weighted by Gasteiger charge is 2.53. The number of aliphatic hydroxyl groups is 3. The zero-order valence-electron chi connectivity index (χ0n) is 22.8. The first kappa shape index (κ1) is 27.1. The molecule has 4 saturated carbocycles. The van der Waals surface area contributed by atoms with E-state index >= 15 is 0 Å². The molecule has 4 aliphatic rings. The monoisotopic (exact) mass is 523 g/mol. The van der Waals surface area contributed by atoms with Crippen LogP contribution >= 0.6 is 11.3 Å². The van der Waals surface area contributed by atoms with Gasteiger partial charge in [-0.15, -0.1) is 11.3 Å². The quantitative estimate of drug-likeness (QED) is 0.360. The minimum Gasteiger partial charge on any atom is -0.393 e. The number of hydrogen-bond donors (Lipinski definition) is 3. The Morgan fingerprint density at radius 3 is 2.68 bits per heavy atom. The molecule has 0 saturated heterocycles. The van der Waals surface area contributed by atoms with Crippen molar-refractivity contribution in [3.8, 4) is 0 Å². The number of thiazole rings is 1. The zero-order chi connectivity index (χ0) is 26.4. The van der Waals surface area contributed by atoms with Crippen molar-refractivity contribution in [2.24, 2.45) is 23.2 Å². The number of rotatable bonds is 7. The fraction of sp³-hybridized carbons (Fsp3) is 0.656. The van der Waals surface area contributed by atoms with Crippen molar-refractivity contribution in [3.63, 3.8) is 0 Å². The molecule has 0 amide bonds. The van der Waals surface area contributed by atoms with E-state index in [2.05, 4.69) is 56.6 Å². The lowest BCUT2D eigenvalue weighted by atomic mass is 9.61. The molecule has 3 N–H and O–H groups in total. The van der Waals surface area contributed by atoms with E-state index < -0.39 is 18.3 Å². The zero-order valence-corrected chi connectivity index (χ0v) is 23.6. The Bertz CT molecular complexity index is 1100. The van der Waals surface area contributed by atoms with Crippen LogP contribution in [0.4, 0.5) is 0 Å². The van der Waals surface area contributed by atoms with Gasteiger partial charge in [-0.05, 0) is 92.1 Å². The molecule has 1 heterocycles. The Kier molecular flexibility index (Phi) is 7.72. The van der Waals surface area contributed by atoms with E-state index in [0.717, 1.165) is 41.8 Å². The number of nitrogens with zero attached hydrogens (tertiary/aromatic N) is 1. The van der Waals surface area contributed by atoms with Crippen LogP contribution in [0.5, 0.6) is 0 Å². The molecule has 4 nitrogen and oxygen atoms in total. The summed E-state index contributed by atoms with van der Waals surface area (Å²) >= 11 is 1.77. The van der Waals surface area contributed by atoms with Crippen LogP contribution in [0.15, 0.2) is 53.8 Å². The van der Waals surface area contributed by atoms with Gasteiger partial charge in [-0.2, -0.15) is 0 Å². The lowest BCUT2D eigenvalue weighted by molar-refractivity contribution is 0.0862. The summed E-state index contributed by atoms with van der Waals surface area (Å²) in [5.74, 6) is 1.60. The number of aromatic nitrogens is 1. The van der Waals surface area contributed by atoms with Crippen LogP contribution in [-0.4, -0.2) is 38.6 Å². The molecule has 5 heteroatoms. The largest absolute Gasteiger partial charge is 0.393 e. The van der Waals surface area contributed by atoms with Crippen LogP contribution in [0.3, 0.4) is 0 Å². The van der Waals surface area contributed by atoms with Crippen LogP contribution in [0.25, 0.3) is 0 Å². The van der Waals surface area contributed by atoms with E-state index in [-0.39, 0.29) is 10.8 Å². The molecule has 4 aliphatic carbocycles. The summed E-state index contributed by atoms with van der Waals surface area (Å²) in [6.07, 6.45) is 19.2. The number of fused-ring (bicyclic) bond motifs is 1. The second kappa shape index (κ2) is 10.6. The third-order valence-electron chi connectivity index (χ3n) is 10.2. The summed E-state index contributed by atoms with van der Waals surface area (Å²) in [6.45, 7) is 11.1. The second-order valence-corrected chi connectivity index (χ2v) is 13.6. The Morgan fingerprint density at radius 1 is 1.19 bits per heavy atom. The van der Waals surface area contributed by atoms with Gasteiger partial charge in [0.05, 0.1) is 23.7 Å². The molecule has 0 unspecified atom stereocenters. The highest BCUT2D eigenvalue weighted by atomic mass is 32.1. The third-order valence-corrected chi connectivity index (χ3v) is 11.6. The Morgan fingerprint density at radius 2 is 1.97 bits per heavy atom. The molecule has 7 atom stereocenters. The minimum absolute atomic E-state index is 0.158. The van der Waals surface area contributed by atoms with E-state index in [4.69, 9.17) is 0 Å². The molecule has 0 spiro atoms. The first-order chi connectivity index (χ1) is 17.7. The lowest BCUT2D eigenvalue weighted by Gasteiger charge is -2.44. The summed E-state index contributed by atoms with van der Waals surface area (Å²) in [4.78, 5) is 5.96. The number of aryl methyl sites for hydroxylation is 1. The Balaban J connectivity index is 1.28. The van der Waals surface area contributed by atoms with Crippen LogP contribution in [0.2, 0.25) is 0 Å². The van der Waals surface area contributed by atoms with Crippen LogP contribution < -0.4 is 0 Å². The van der Waals surface area contributed by atoms with Gasteiger partial charge < -0.3 is 15.3 Å². The van der Waals surface area contributed by atoms with Crippen molar-refractivity contribution in [2.75, 3.05) is 0 Å². The van der Waals surface area contributed by atoms with Gasteiger partial charge in [0, 0.05) is 17.5 Å². The first-order valence-electron chi connectivity index (χ1n) is 14.4. The summed E-state index contributed by atoms with van der Waals surface area (Å²) in [5.41, 5.74) is 3.39. The van der Waals surface area contributed by atoms with Crippen molar-refractivity contribution >= 4 is 11.3 Å². The van der Waals surface area contributed by atoms with Crippen molar-refractivity contribution in [1.82, 2.24) is 4.98 Å². The van der Waals surface area contributed by atoms with Gasteiger partial charge in [0.15, 0.2) is 0 Å². The molecule has 4 fully saturated rings. The predicted molar refractivity (Wildman–Crippen MR) is 151 cm³/mol. The average Bonchev–Trinajstić information content (AvgIpc) is 3.39. The maximum Gasteiger partial charge on any atom is 0.102 e. The molecule has 202 valence electrons. The molecule has 5 rings (SSSR count). The van der Waals surface area contributed by atoms with Gasteiger partial charge in [-0.25, -0.2) is 4.98 Å². The molecular weight excluding hydrogens is 478 g/mol. The molecule has 1 aromatic rings. The van der Waals surface area contributed by atoms with Gasteiger partial charge in [-0.3, -0.25) is 0 Å². The maximum absolute atomic E-state index is 11.2. The highest BCUT2D eigenvalue weighted by Crippen LogP contribution is 2.60. The summed E-state index contributed by atoms with van der Waals surface area (Å²) in [6, 6.07) is 0. The van der Waals surface area contributed by atoms with Crippen molar-refractivity contribution in [1.29, 1.82) is 0 Å². The van der Waals surface area contributed by atoms with Gasteiger partial charge in [-0.1, -0.05) is 57.2 Å². The summed E-state index contributed by atoms with van der Waals surface area (Å²) in [7, 11) is 0. The van der Waals surface area contributed by atoms with E-state index in [9.17, 15) is 15.3 Å². The average molecular weight is 524 g/mol. The van der Waals surface area contributed by atoms with Crippen LogP contribution in [0.1, 0.15) is 88.4 Å². The molecular formula is C32H45NO3S. The lowest BCUT2D eigenvalue weighted by Crippen LogP contribution is -2.35. The second-order valence-electron chi connectivity index (χ2n) is 12.5. The Labute approximate surface area is 226 Å². The van der Waals surface area contributed by atoms with E-state index in [0.29, 0.717) is 30.6 Å². The summed E-state index contributed by atoms with van der Waals surface area (Å²) < 4.78 is 0. The maximum atomic E-state index is 11.2.